The van der Waals surface area contributed by atoms with E-state index in [0.717, 1.165) is 24.1 Å². The van der Waals surface area contributed by atoms with Gasteiger partial charge in [0, 0.05) is 43.0 Å². The zero-order chi connectivity index (χ0) is 19.1. The van der Waals surface area contributed by atoms with Crippen molar-refractivity contribution in [3.05, 3.63) is 33.9 Å². The Balaban J connectivity index is 1.72. The van der Waals surface area contributed by atoms with E-state index in [1.807, 2.05) is 39.8 Å². The molecule has 1 atom stereocenters. The number of hydrogen-bond acceptors (Lipinski definition) is 5. The van der Waals surface area contributed by atoms with Crippen LogP contribution in [0.5, 0.6) is 0 Å². The lowest BCUT2D eigenvalue weighted by atomic mass is 10.1. The first-order chi connectivity index (χ1) is 12.2. The van der Waals surface area contributed by atoms with Gasteiger partial charge in [0.05, 0.1) is 4.92 Å². The Hall–Kier alpha value is -2.31. The number of piperazine rings is 1. The number of carbonyl (C=O) groups excluding carboxylic acids is 1. The highest BCUT2D eigenvalue weighted by Gasteiger charge is 2.34. The van der Waals surface area contributed by atoms with Crippen LogP contribution in [0.3, 0.4) is 0 Å². The molecular formula is C19H27N3O4. The number of carbonyl (C=O) groups is 1. The molecule has 0 spiro atoms. The van der Waals surface area contributed by atoms with Crippen molar-refractivity contribution < 1.29 is 14.5 Å². The minimum absolute atomic E-state index is 0.0122. The van der Waals surface area contributed by atoms with E-state index in [9.17, 15) is 14.9 Å². The average molecular weight is 361 g/mol. The maximum absolute atomic E-state index is 12.3. The Morgan fingerprint density at radius 2 is 1.96 bits per heavy atom. The van der Waals surface area contributed by atoms with Gasteiger partial charge in [-0.3, -0.25) is 10.1 Å². The van der Waals surface area contributed by atoms with Crippen molar-refractivity contribution >= 4 is 17.5 Å². The van der Waals surface area contributed by atoms with Gasteiger partial charge in [-0.05, 0) is 58.6 Å². The van der Waals surface area contributed by atoms with Gasteiger partial charge in [-0.2, -0.15) is 0 Å². The van der Waals surface area contributed by atoms with E-state index in [2.05, 4.69) is 4.90 Å². The number of nitro groups is 1. The number of hydrogen-bond donors (Lipinski definition) is 0. The summed E-state index contributed by atoms with van der Waals surface area (Å²) in [7, 11) is 0. The van der Waals surface area contributed by atoms with E-state index in [-0.39, 0.29) is 22.7 Å². The molecule has 0 unspecified atom stereocenters. The summed E-state index contributed by atoms with van der Waals surface area (Å²) in [6.45, 7) is 9.54. The van der Waals surface area contributed by atoms with Crippen LogP contribution in [-0.4, -0.2) is 47.2 Å². The van der Waals surface area contributed by atoms with Gasteiger partial charge in [-0.15, -0.1) is 0 Å². The van der Waals surface area contributed by atoms with Crippen LogP contribution < -0.4 is 4.90 Å². The van der Waals surface area contributed by atoms with Crippen LogP contribution >= 0.6 is 0 Å². The molecule has 3 rings (SSSR count). The number of nitrogens with zero attached hydrogens (tertiary/aromatic N) is 3. The van der Waals surface area contributed by atoms with E-state index in [0.29, 0.717) is 25.6 Å². The number of ether oxygens (including phenoxy) is 1. The zero-order valence-corrected chi connectivity index (χ0v) is 15.9. The highest BCUT2D eigenvalue weighted by molar-refractivity contribution is 5.69. The Bertz CT molecular complexity index is 709. The number of amides is 1. The van der Waals surface area contributed by atoms with Crippen LogP contribution in [0.15, 0.2) is 18.2 Å². The lowest BCUT2D eigenvalue weighted by Crippen LogP contribution is -2.55. The van der Waals surface area contributed by atoms with Crippen LogP contribution in [0, 0.1) is 10.1 Å². The van der Waals surface area contributed by atoms with E-state index in [4.69, 9.17) is 4.74 Å². The molecular weight excluding hydrogens is 334 g/mol. The van der Waals surface area contributed by atoms with Crippen LogP contribution in [0.4, 0.5) is 16.2 Å². The molecule has 7 nitrogen and oxygen atoms in total. The molecule has 0 radical (unpaired) electrons. The summed E-state index contributed by atoms with van der Waals surface area (Å²) in [6.07, 6.45) is 1.76. The molecule has 1 saturated carbocycles. The molecule has 0 bridgehead atoms. The number of nitro benzene ring substituents is 1. The summed E-state index contributed by atoms with van der Waals surface area (Å²) in [6, 6.07) is 5.41. The van der Waals surface area contributed by atoms with Gasteiger partial charge in [0.15, 0.2) is 0 Å². The maximum Gasteiger partial charge on any atom is 0.410 e. The molecule has 142 valence electrons. The molecule has 0 aromatic heterocycles. The second-order valence-electron chi connectivity index (χ2n) is 8.24. The van der Waals surface area contributed by atoms with Gasteiger partial charge in [0.25, 0.3) is 5.69 Å². The minimum Gasteiger partial charge on any atom is -0.444 e. The van der Waals surface area contributed by atoms with Gasteiger partial charge in [-0.1, -0.05) is 0 Å². The summed E-state index contributed by atoms with van der Waals surface area (Å²) >= 11 is 0. The Morgan fingerprint density at radius 1 is 1.27 bits per heavy atom. The van der Waals surface area contributed by atoms with E-state index in [1.54, 1.807) is 11.0 Å². The smallest absolute Gasteiger partial charge is 0.410 e. The monoisotopic (exact) mass is 361 g/mol. The number of anilines is 1. The molecule has 1 amide bonds. The number of rotatable bonds is 3. The molecule has 1 aliphatic carbocycles. The molecule has 1 heterocycles. The molecule has 26 heavy (non-hydrogen) atoms. The molecule has 1 aromatic rings. The van der Waals surface area contributed by atoms with Crippen molar-refractivity contribution in [1.82, 2.24) is 4.90 Å². The Morgan fingerprint density at radius 3 is 2.50 bits per heavy atom. The molecule has 1 aromatic carbocycles. The van der Waals surface area contributed by atoms with Gasteiger partial charge in [-0.25, -0.2) is 4.79 Å². The van der Waals surface area contributed by atoms with Crippen molar-refractivity contribution in [1.29, 1.82) is 0 Å². The van der Waals surface area contributed by atoms with Crippen LogP contribution in [-0.2, 0) is 4.74 Å². The van der Waals surface area contributed by atoms with Crippen LogP contribution in [0.2, 0.25) is 0 Å². The third-order valence-corrected chi connectivity index (χ3v) is 4.85. The standard InChI is InChI=1S/C19H27N3O4/c1-13-12-20(9-10-21(13)18(23)26-19(2,3)4)15-7-8-17(22(24)25)16(11-15)14-5-6-14/h7-8,11,13-14H,5-6,9-10,12H2,1-4H3/t13-/m1/s1. The fourth-order valence-electron chi connectivity index (χ4n) is 3.41. The third kappa shape index (κ3) is 4.08. The highest BCUT2D eigenvalue weighted by Crippen LogP contribution is 2.45. The minimum atomic E-state index is -0.508. The lowest BCUT2D eigenvalue weighted by molar-refractivity contribution is -0.385. The van der Waals surface area contributed by atoms with Gasteiger partial charge < -0.3 is 14.5 Å². The Labute approximate surface area is 154 Å². The molecule has 1 saturated heterocycles. The number of benzene rings is 1. The molecule has 2 aliphatic rings. The second-order valence-corrected chi connectivity index (χ2v) is 8.24. The quantitative estimate of drug-likeness (QED) is 0.602. The van der Waals surface area contributed by atoms with Gasteiger partial charge in [0.1, 0.15) is 5.60 Å². The van der Waals surface area contributed by atoms with Crippen molar-refractivity contribution in [2.24, 2.45) is 0 Å². The first-order valence-electron chi connectivity index (χ1n) is 9.18. The normalized spacial score (nSPS) is 20.8. The van der Waals surface area contributed by atoms with Crippen molar-refractivity contribution in [2.45, 2.75) is 58.1 Å². The van der Waals surface area contributed by atoms with Crippen molar-refractivity contribution in [2.75, 3.05) is 24.5 Å². The summed E-state index contributed by atoms with van der Waals surface area (Å²) in [4.78, 5) is 27.3. The topological polar surface area (TPSA) is 75.9 Å². The predicted molar refractivity (Wildman–Crippen MR) is 99.7 cm³/mol. The largest absolute Gasteiger partial charge is 0.444 e. The fourth-order valence-corrected chi connectivity index (χ4v) is 3.41. The summed E-state index contributed by atoms with van der Waals surface area (Å²) in [5.74, 6) is 0.316. The fraction of sp³-hybridized carbons (Fsp3) is 0.632. The second kappa shape index (κ2) is 6.78. The van der Waals surface area contributed by atoms with E-state index < -0.39 is 5.60 Å². The first-order valence-corrected chi connectivity index (χ1v) is 9.18. The summed E-state index contributed by atoms with van der Waals surface area (Å²) in [5.41, 5.74) is 1.55. The molecule has 2 fully saturated rings. The first kappa shape index (κ1) is 18.5. The van der Waals surface area contributed by atoms with E-state index in [1.165, 1.54) is 0 Å². The molecule has 7 heteroatoms. The SMILES string of the molecule is C[C@@H]1CN(c2ccc([N+](=O)[O-])c(C3CC3)c2)CCN1C(=O)OC(C)(C)C. The Kier molecular flexibility index (Phi) is 4.82. The average Bonchev–Trinajstić information content (AvgIpc) is 3.37. The summed E-state index contributed by atoms with van der Waals surface area (Å²) < 4.78 is 5.48. The molecule has 0 N–H and O–H groups in total. The van der Waals surface area contributed by atoms with Gasteiger partial charge in [0.2, 0.25) is 0 Å². The van der Waals surface area contributed by atoms with Crippen LogP contribution in [0.1, 0.15) is 52.0 Å². The highest BCUT2D eigenvalue weighted by atomic mass is 16.6. The lowest BCUT2D eigenvalue weighted by Gasteiger charge is -2.41. The maximum atomic E-state index is 12.3. The van der Waals surface area contributed by atoms with Gasteiger partial charge >= 0.3 is 6.09 Å². The molecule has 1 aliphatic heterocycles. The summed E-state index contributed by atoms with van der Waals surface area (Å²) in [5, 5.41) is 11.3. The zero-order valence-electron chi connectivity index (χ0n) is 15.9. The van der Waals surface area contributed by atoms with E-state index >= 15 is 0 Å². The van der Waals surface area contributed by atoms with Crippen LogP contribution in [0.25, 0.3) is 0 Å². The van der Waals surface area contributed by atoms with Crippen molar-refractivity contribution in [3.8, 4) is 0 Å². The third-order valence-electron chi connectivity index (χ3n) is 4.85. The van der Waals surface area contributed by atoms with Crippen molar-refractivity contribution in [3.63, 3.8) is 0 Å². The predicted octanol–water partition coefficient (Wildman–Crippen LogP) is 3.92.